The molecular formula is C19H22ClF3N4O2. The molecule has 2 fully saturated rings. The van der Waals surface area contributed by atoms with Crippen molar-refractivity contribution in [2.24, 2.45) is 0 Å². The molecule has 0 spiro atoms. The van der Waals surface area contributed by atoms with Gasteiger partial charge in [0.2, 0.25) is 5.91 Å². The maximum Gasteiger partial charge on any atom is 0.436 e. The van der Waals surface area contributed by atoms with Gasteiger partial charge < -0.3 is 9.32 Å². The number of nitrogens with zero attached hydrogens (tertiary/aromatic N) is 4. The largest absolute Gasteiger partial charge is 0.468 e. The van der Waals surface area contributed by atoms with E-state index >= 15 is 0 Å². The van der Waals surface area contributed by atoms with Gasteiger partial charge in [0, 0.05) is 38.5 Å². The van der Waals surface area contributed by atoms with Crippen molar-refractivity contribution in [3.8, 4) is 0 Å². The molecule has 4 rings (SSSR count). The fourth-order valence-electron chi connectivity index (χ4n) is 3.69. The van der Waals surface area contributed by atoms with E-state index in [9.17, 15) is 18.0 Å². The Kier molecular flexibility index (Phi) is 5.61. The maximum atomic E-state index is 13.1. The molecule has 2 aliphatic rings. The highest BCUT2D eigenvalue weighted by Crippen LogP contribution is 2.46. The predicted molar refractivity (Wildman–Crippen MR) is 99.4 cm³/mol. The molecule has 0 N–H and O–H groups in total. The molecule has 1 aliphatic carbocycles. The first-order chi connectivity index (χ1) is 13.8. The van der Waals surface area contributed by atoms with E-state index < -0.39 is 11.9 Å². The average molecular weight is 431 g/mol. The summed E-state index contributed by atoms with van der Waals surface area (Å²) in [5, 5.41) is 3.36. The van der Waals surface area contributed by atoms with Crippen LogP contribution in [-0.4, -0.2) is 51.7 Å². The van der Waals surface area contributed by atoms with Crippen LogP contribution >= 0.6 is 11.6 Å². The molecule has 3 heterocycles. The van der Waals surface area contributed by atoms with Crippen molar-refractivity contribution in [2.75, 3.05) is 26.2 Å². The van der Waals surface area contributed by atoms with Crippen molar-refractivity contribution in [3.63, 3.8) is 0 Å². The zero-order valence-corrected chi connectivity index (χ0v) is 16.5. The van der Waals surface area contributed by atoms with Gasteiger partial charge in [0.15, 0.2) is 5.69 Å². The van der Waals surface area contributed by atoms with Crippen molar-refractivity contribution in [3.05, 3.63) is 40.6 Å². The van der Waals surface area contributed by atoms with Crippen LogP contribution in [0, 0.1) is 0 Å². The minimum Gasteiger partial charge on any atom is -0.468 e. The van der Waals surface area contributed by atoms with Crippen LogP contribution in [-0.2, 0) is 24.1 Å². The summed E-state index contributed by atoms with van der Waals surface area (Å²) in [5.74, 6) is 0.810. The van der Waals surface area contributed by atoms with E-state index in [4.69, 9.17) is 16.0 Å². The van der Waals surface area contributed by atoms with E-state index in [1.54, 1.807) is 11.2 Å². The molecule has 0 radical (unpaired) electrons. The van der Waals surface area contributed by atoms with Gasteiger partial charge in [-0.3, -0.25) is 14.4 Å². The SMILES string of the molecule is O=C(CCn1nc(C(F)(F)F)c(Cl)c1C1CC1)N1CCN(Cc2ccco2)CC1. The van der Waals surface area contributed by atoms with E-state index in [0.29, 0.717) is 25.3 Å². The lowest BCUT2D eigenvalue weighted by Gasteiger charge is -2.34. The van der Waals surface area contributed by atoms with Gasteiger partial charge in [-0.25, -0.2) is 0 Å². The van der Waals surface area contributed by atoms with Crippen LogP contribution in [0.15, 0.2) is 22.8 Å². The molecule has 0 unspecified atom stereocenters. The second kappa shape index (κ2) is 8.02. The molecule has 1 aliphatic heterocycles. The van der Waals surface area contributed by atoms with Crippen molar-refractivity contribution in [1.82, 2.24) is 19.6 Å². The second-order valence-corrected chi connectivity index (χ2v) is 7.91. The van der Waals surface area contributed by atoms with Gasteiger partial charge in [-0.15, -0.1) is 0 Å². The summed E-state index contributed by atoms with van der Waals surface area (Å²) in [4.78, 5) is 16.5. The van der Waals surface area contributed by atoms with E-state index in [1.807, 2.05) is 12.1 Å². The molecule has 0 bridgehead atoms. The van der Waals surface area contributed by atoms with Crippen molar-refractivity contribution in [1.29, 1.82) is 0 Å². The van der Waals surface area contributed by atoms with E-state index in [-0.39, 0.29) is 29.8 Å². The highest BCUT2D eigenvalue weighted by molar-refractivity contribution is 6.32. The third-order valence-corrected chi connectivity index (χ3v) is 5.76. The van der Waals surface area contributed by atoms with Crippen molar-refractivity contribution < 1.29 is 22.4 Å². The molecule has 1 saturated carbocycles. The number of carbonyl (C=O) groups excluding carboxylic acids is 1. The first-order valence-corrected chi connectivity index (χ1v) is 10.1. The van der Waals surface area contributed by atoms with E-state index in [0.717, 1.165) is 31.7 Å². The quantitative estimate of drug-likeness (QED) is 0.700. The van der Waals surface area contributed by atoms with Gasteiger partial charge in [-0.1, -0.05) is 11.6 Å². The molecule has 6 nitrogen and oxygen atoms in total. The fourth-order valence-corrected chi connectivity index (χ4v) is 4.09. The van der Waals surface area contributed by atoms with Crippen LogP contribution < -0.4 is 0 Å². The summed E-state index contributed by atoms with van der Waals surface area (Å²) in [5.41, 5.74) is -0.643. The fraction of sp³-hybridized carbons (Fsp3) is 0.579. The zero-order valence-electron chi connectivity index (χ0n) is 15.8. The Balaban J connectivity index is 1.33. The van der Waals surface area contributed by atoms with Crippen LogP contribution in [0.4, 0.5) is 13.2 Å². The summed E-state index contributed by atoms with van der Waals surface area (Å²) >= 11 is 5.98. The van der Waals surface area contributed by atoms with Crippen LogP contribution in [0.1, 0.15) is 42.3 Å². The molecule has 29 heavy (non-hydrogen) atoms. The van der Waals surface area contributed by atoms with Gasteiger partial charge >= 0.3 is 6.18 Å². The second-order valence-electron chi connectivity index (χ2n) is 7.53. The summed E-state index contributed by atoms with van der Waals surface area (Å²) in [6, 6.07) is 3.76. The lowest BCUT2D eigenvalue weighted by atomic mass is 10.2. The lowest BCUT2D eigenvalue weighted by molar-refractivity contribution is -0.141. The van der Waals surface area contributed by atoms with E-state index in [1.165, 1.54) is 4.68 Å². The van der Waals surface area contributed by atoms with Gasteiger partial charge in [0.1, 0.15) is 5.76 Å². The van der Waals surface area contributed by atoms with Crippen LogP contribution in [0.5, 0.6) is 0 Å². The standard InChI is InChI=1S/C19H22ClF3N4O2/c20-16-17(13-3-4-13)27(24-18(16)19(21,22)23)6-5-15(28)26-9-7-25(8-10-26)12-14-2-1-11-29-14/h1-2,11,13H,3-10,12H2. The van der Waals surface area contributed by atoms with Gasteiger partial charge in [0.05, 0.1) is 30.1 Å². The molecule has 10 heteroatoms. The summed E-state index contributed by atoms with van der Waals surface area (Å²) < 4.78 is 46.1. The smallest absolute Gasteiger partial charge is 0.436 e. The first kappa shape index (κ1) is 20.3. The number of alkyl halides is 3. The maximum absolute atomic E-state index is 13.1. The summed E-state index contributed by atoms with van der Waals surface area (Å²) in [7, 11) is 0. The number of aromatic nitrogens is 2. The number of piperazine rings is 1. The number of halogens is 4. The summed E-state index contributed by atoms with van der Waals surface area (Å²) in [6.45, 7) is 3.43. The Morgan fingerprint density at radius 1 is 1.24 bits per heavy atom. The predicted octanol–water partition coefficient (Wildman–Crippen LogP) is 3.76. The molecule has 0 aromatic carbocycles. The third-order valence-electron chi connectivity index (χ3n) is 5.39. The van der Waals surface area contributed by atoms with Crippen molar-refractivity contribution in [2.45, 2.75) is 44.4 Å². The molecule has 2 aromatic rings. The molecule has 158 valence electrons. The van der Waals surface area contributed by atoms with Crippen LogP contribution in [0.2, 0.25) is 5.02 Å². The number of amides is 1. The Morgan fingerprint density at radius 3 is 2.55 bits per heavy atom. The average Bonchev–Trinajstić information content (AvgIpc) is 3.26. The number of hydrogen-bond acceptors (Lipinski definition) is 4. The number of rotatable bonds is 6. The topological polar surface area (TPSA) is 54.5 Å². The molecular weight excluding hydrogens is 409 g/mol. The molecule has 0 atom stereocenters. The normalized spacial score (nSPS) is 18.4. The molecule has 2 aromatic heterocycles. The Bertz CT molecular complexity index is 854. The van der Waals surface area contributed by atoms with Crippen molar-refractivity contribution >= 4 is 17.5 Å². The van der Waals surface area contributed by atoms with Gasteiger partial charge in [0.25, 0.3) is 0 Å². The third kappa shape index (κ3) is 4.61. The van der Waals surface area contributed by atoms with Gasteiger partial charge in [-0.05, 0) is 25.0 Å². The highest BCUT2D eigenvalue weighted by atomic mass is 35.5. The minimum absolute atomic E-state index is 0.00588. The monoisotopic (exact) mass is 430 g/mol. The molecule has 1 amide bonds. The Hall–Kier alpha value is -2.00. The number of hydrogen-bond donors (Lipinski definition) is 0. The minimum atomic E-state index is -4.60. The highest BCUT2D eigenvalue weighted by Gasteiger charge is 2.42. The lowest BCUT2D eigenvalue weighted by Crippen LogP contribution is -2.48. The molecule has 1 saturated heterocycles. The number of carbonyl (C=O) groups is 1. The first-order valence-electron chi connectivity index (χ1n) is 9.69. The number of furan rings is 1. The zero-order chi connectivity index (χ0) is 20.6. The number of aryl methyl sites for hydroxylation is 1. The Morgan fingerprint density at radius 2 is 1.97 bits per heavy atom. The van der Waals surface area contributed by atoms with Crippen LogP contribution in [0.25, 0.3) is 0 Å². The van der Waals surface area contributed by atoms with Crippen LogP contribution in [0.3, 0.4) is 0 Å². The van der Waals surface area contributed by atoms with Gasteiger partial charge in [-0.2, -0.15) is 18.3 Å². The van der Waals surface area contributed by atoms with E-state index in [2.05, 4.69) is 10.00 Å². The summed E-state index contributed by atoms with van der Waals surface area (Å²) in [6.07, 6.45) is -1.26. The Labute approximate surface area is 171 Å².